The molecule has 160 valence electrons. The highest BCUT2D eigenvalue weighted by atomic mass is 35.5. The lowest BCUT2D eigenvalue weighted by Gasteiger charge is -2.17. The van der Waals surface area contributed by atoms with Gasteiger partial charge in [0, 0.05) is 17.8 Å². The Morgan fingerprint density at radius 2 is 1.87 bits per heavy atom. The van der Waals surface area contributed by atoms with E-state index in [0.29, 0.717) is 5.56 Å². The fraction of sp³-hybridized carbons (Fsp3) is 0.176. The maximum Gasteiger partial charge on any atom is 0.417 e. The summed E-state index contributed by atoms with van der Waals surface area (Å²) in [6, 6.07) is 8.14. The van der Waals surface area contributed by atoms with Crippen LogP contribution in [0.3, 0.4) is 0 Å². The van der Waals surface area contributed by atoms with Crippen molar-refractivity contribution in [2.24, 2.45) is 0 Å². The maximum atomic E-state index is 13.7. The molecule has 0 bridgehead atoms. The van der Waals surface area contributed by atoms with E-state index in [1.54, 1.807) is 0 Å². The third-order valence-electron chi connectivity index (χ3n) is 3.94. The molecule has 3 aromatic rings. The average Bonchev–Trinajstić information content (AvgIpc) is 3.03. The van der Waals surface area contributed by atoms with Crippen molar-refractivity contribution < 1.29 is 21.6 Å². The van der Waals surface area contributed by atoms with E-state index in [1.807, 2.05) is 0 Å². The standard InChI is InChI=1S/C17H16ClF3N6O2S/c1-30(28,29)23-8-9-2-4-10(5-3-9)14-12(17(19,20)21)6-11(7-13(14)18)24-16-25-15(22)26-27-16/h2-7,23H,8H2,1H3,(H4,22,24,25,26,27). The molecule has 0 amide bonds. The summed E-state index contributed by atoms with van der Waals surface area (Å²) < 4.78 is 65.9. The largest absolute Gasteiger partial charge is 0.417 e. The second-order valence-corrected chi connectivity index (χ2v) is 8.58. The molecule has 0 spiro atoms. The number of nitrogen functional groups attached to an aromatic ring is 1. The Kier molecular flexibility index (Phi) is 5.92. The van der Waals surface area contributed by atoms with Gasteiger partial charge in [-0.15, -0.1) is 5.10 Å². The molecule has 0 unspecified atom stereocenters. The number of benzene rings is 2. The number of halogens is 4. The summed E-state index contributed by atoms with van der Waals surface area (Å²) >= 11 is 6.20. The lowest BCUT2D eigenvalue weighted by atomic mass is 9.97. The van der Waals surface area contributed by atoms with E-state index in [1.165, 1.54) is 30.3 Å². The lowest BCUT2D eigenvalue weighted by Crippen LogP contribution is -2.21. The Hall–Kier alpha value is -2.83. The third kappa shape index (κ3) is 5.40. The highest BCUT2D eigenvalue weighted by Gasteiger charge is 2.35. The first kappa shape index (κ1) is 21.9. The van der Waals surface area contributed by atoms with E-state index < -0.39 is 21.8 Å². The van der Waals surface area contributed by atoms with Crippen LogP contribution in [0.1, 0.15) is 11.1 Å². The number of nitrogens with zero attached hydrogens (tertiary/aromatic N) is 2. The van der Waals surface area contributed by atoms with Gasteiger partial charge in [-0.3, -0.25) is 0 Å². The molecule has 2 aromatic carbocycles. The normalized spacial score (nSPS) is 12.2. The Morgan fingerprint density at radius 3 is 2.40 bits per heavy atom. The number of aromatic nitrogens is 3. The molecule has 0 radical (unpaired) electrons. The minimum absolute atomic E-state index is 0.00159. The highest BCUT2D eigenvalue weighted by molar-refractivity contribution is 7.88. The fourth-order valence-corrected chi connectivity index (χ4v) is 3.42. The Bertz CT molecular complexity index is 1160. The third-order valence-corrected chi connectivity index (χ3v) is 4.90. The number of nitrogens with two attached hydrogens (primary N) is 1. The van der Waals surface area contributed by atoms with Gasteiger partial charge in [0.05, 0.1) is 16.8 Å². The van der Waals surface area contributed by atoms with E-state index in [0.717, 1.165) is 12.3 Å². The van der Waals surface area contributed by atoms with Crippen molar-refractivity contribution in [2.75, 3.05) is 17.3 Å². The molecule has 0 atom stereocenters. The van der Waals surface area contributed by atoms with Crippen LogP contribution in [0, 0.1) is 0 Å². The van der Waals surface area contributed by atoms with Crippen molar-refractivity contribution >= 4 is 39.2 Å². The first-order valence-electron chi connectivity index (χ1n) is 8.32. The van der Waals surface area contributed by atoms with Crippen molar-refractivity contribution in [3.63, 3.8) is 0 Å². The molecule has 13 heteroatoms. The molecule has 5 N–H and O–H groups in total. The number of nitrogens with one attached hydrogen (secondary N) is 3. The van der Waals surface area contributed by atoms with Crippen LogP contribution in [-0.4, -0.2) is 29.9 Å². The van der Waals surface area contributed by atoms with E-state index in [4.69, 9.17) is 17.3 Å². The second-order valence-electron chi connectivity index (χ2n) is 6.34. The molecule has 0 fully saturated rings. The van der Waals surface area contributed by atoms with Crippen molar-refractivity contribution in [2.45, 2.75) is 12.7 Å². The first-order chi connectivity index (χ1) is 13.9. The smallest absolute Gasteiger partial charge is 0.368 e. The van der Waals surface area contributed by atoms with Gasteiger partial charge >= 0.3 is 6.18 Å². The van der Waals surface area contributed by atoms with Crippen molar-refractivity contribution in [1.82, 2.24) is 19.9 Å². The minimum atomic E-state index is -4.69. The zero-order valence-electron chi connectivity index (χ0n) is 15.4. The molecular weight excluding hydrogens is 445 g/mol. The average molecular weight is 461 g/mol. The molecule has 0 aliphatic heterocycles. The molecule has 0 saturated heterocycles. The lowest BCUT2D eigenvalue weighted by molar-refractivity contribution is -0.137. The number of aromatic amines is 1. The van der Waals surface area contributed by atoms with Gasteiger partial charge < -0.3 is 11.1 Å². The second kappa shape index (κ2) is 8.13. The first-order valence-corrected chi connectivity index (χ1v) is 10.6. The van der Waals surface area contributed by atoms with Gasteiger partial charge in [0.2, 0.25) is 21.9 Å². The Morgan fingerprint density at radius 1 is 1.20 bits per heavy atom. The molecule has 30 heavy (non-hydrogen) atoms. The Labute approximate surface area is 174 Å². The predicted octanol–water partition coefficient (Wildman–Crippen LogP) is 3.52. The molecule has 0 aliphatic carbocycles. The maximum absolute atomic E-state index is 13.7. The van der Waals surface area contributed by atoms with Gasteiger partial charge in [0.25, 0.3) is 0 Å². The predicted molar refractivity (Wildman–Crippen MR) is 108 cm³/mol. The van der Waals surface area contributed by atoms with E-state index in [2.05, 4.69) is 25.2 Å². The number of H-pyrrole nitrogens is 1. The van der Waals surface area contributed by atoms with Gasteiger partial charge in [-0.25, -0.2) is 18.2 Å². The molecule has 0 aliphatic rings. The summed E-state index contributed by atoms with van der Waals surface area (Å²) in [5, 5.41) is 8.55. The van der Waals surface area contributed by atoms with Crippen LogP contribution in [0.25, 0.3) is 11.1 Å². The molecule has 1 heterocycles. The van der Waals surface area contributed by atoms with Crippen LogP contribution < -0.4 is 15.8 Å². The zero-order valence-corrected chi connectivity index (χ0v) is 17.0. The number of rotatable bonds is 6. The summed E-state index contributed by atoms with van der Waals surface area (Å²) in [6.45, 7) is 0.0155. The van der Waals surface area contributed by atoms with E-state index in [-0.39, 0.29) is 40.3 Å². The van der Waals surface area contributed by atoms with Crippen LogP contribution in [0.5, 0.6) is 0 Å². The minimum Gasteiger partial charge on any atom is -0.368 e. The number of hydrogen-bond donors (Lipinski definition) is 4. The van der Waals surface area contributed by atoms with E-state index >= 15 is 0 Å². The van der Waals surface area contributed by atoms with Gasteiger partial charge in [-0.05, 0) is 23.3 Å². The van der Waals surface area contributed by atoms with E-state index in [9.17, 15) is 21.6 Å². The zero-order chi connectivity index (χ0) is 22.1. The number of hydrogen-bond acceptors (Lipinski definition) is 6. The molecule has 3 rings (SSSR count). The fourth-order valence-electron chi connectivity index (χ4n) is 2.66. The summed E-state index contributed by atoms with van der Waals surface area (Å²) in [6.07, 6.45) is -3.68. The highest BCUT2D eigenvalue weighted by Crippen LogP contribution is 2.43. The molecule has 1 aromatic heterocycles. The van der Waals surface area contributed by atoms with Gasteiger partial charge in [-0.1, -0.05) is 35.9 Å². The van der Waals surface area contributed by atoms with Gasteiger partial charge in [-0.2, -0.15) is 18.2 Å². The van der Waals surface area contributed by atoms with Gasteiger partial charge in [0.15, 0.2) is 0 Å². The molecule has 8 nitrogen and oxygen atoms in total. The van der Waals surface area contributed by atoms with Crippen LogP contribution in [0.2, 0.25) is 5.02 Å². The monoisotopic (exact) mass is 460 g/mol. The number of alkyl halides is 3. The summed E-state index contributed by atoms with van der Waals surface area (Å²) in [5.74, 6) is -0.00566. The summed E-state index contributed by atoms with van der Waals surface area (Å²) in [5.41, 5.74) is 5.08. The SMILES string of the molecule is CS(=O)(=O)NCc1ccc(-c2c(Cl)cc(Nc3n[nH]c(N)n3)cc2C(F)(F)F)cc1. The van der Waals surface area contributed by atoms with Crippen molar-refractivity contribution in [3.8, 4) is 11.1 Å². The molecule has 0 saturated carbocycles. The number of sulfonamides is 1. The molecular formula is C17H16ClF3N6O2S. The topological polar surface area (TPSA) is 126 Å². The van der Waals surface area contributed by atoms with Crippen LogP contribution in [-0.2, 0) is 22.7 Å². The summed E-state index contributed by atoms with van der Waals surface area (Å²) in [4.78, 5) is 3.78. The van der Waals surface area contributed by atoms with Crippen molar-refractivity contribution in [1.29, 1.82) is 0 Å². The number of anilines is 3. The Balaban J connectivity index is 1.97. The summed E-state index contributed by atoms with van der Waals surface area (Å²) in [7, 11) is -3.39. The van der Waals surface area contributed by atoms with Crippen LogP contribution in [0.4, 0.5) is 30.8 Å². The van der Waals surface area contributed by atoms with Gasteiger partial charge in [0.1, 0.15) is 0 Å². The van der Waals surface area contributed by atoms with Crippen LogP contribution in [0.15, 0.2) is 36.4 Å². The van der Waals surface area contributed by atoms with Crippen molar-refractivity contribution in [3.05, 3.63) is 52.5 Å². The quantitative estimate of drug-likeness (QED) is 0.446. The van der Waals surface area contributed by atoms with Crippen LogP contribution >= 0.6 is 11.6 Å².